The minimum Gasteiger partial charge on any atom is -0.389 e. The second-order valence-electron chi connectivity index (χ2n) is 5.17. The zero-order valence-corrected chi connectivity index (χ0v) is 11.8. The molecule has 1 aromatic carbocycles. The van der Waals surface area contributed by atoms with Gasteiger partial charge in [-0.15, -0.1) is 0 Å². The van der Waals surface area contributed by atoms with Crippen molar-refractivity contribution in [2.45, 2.75) is 31.8 Å². The van der Waals surface area contributed by atoms with E-state index in [1.807, 2.05) is 25.1 Å². The summed E-state index contributed by atoms with van der Waals surface area (Å²) in [7, 11) is 0. The molecule has 1 fully saturated rings. The highest BCUT2D eigenvalue weighted by Crippen LogP contribution is 2.29. The van der Waals surface area contributed by atoms with Gasteiger partial charge in [-0.3, -0.25) is 0 Å². The van der Waals surface area contributed by atoms with Crippen LogP contribution in [-0.4, -0.2) is 23.8 Å². The molecule has 0 amide bonds. The van der Waals surface area contributed by atoms with Gasteiger partial charge in [-0.25, -0.2) is 0 Å². The van der Waals surface area contributed by atoms with Gasteiger partial charge in [0.25, 0.3) is 0 Å². The van der Waals surface area contributed by atoms with Crippen molar-refractivity contribution in [2.75, 3.05) is 13.1 Å². The Morgan fingerprint density at radius 1 is 1.47 bits per heavy atom. The maximum absolute atomic E-state index is 10.7. The van der Waals surface area contributed by atoms with Crippen LogP contribution in [0.3, 0.4) is 0 Å². The maximum Gasteiger partial charge on any atom is 0.0700 e. The van der Waals surface area contributed by atoms with E-state index in [0.29, 0.717) is 12.3 Å². The summed E-state index contributed by atoms with van der Waals surface area (Å²) < 4.78 is 1.09. The van der Waals surface area contributed by atoms with E-state index in [1.165, 1.54) is 5.56 Å². The zero-order valence-electron chi connectivity index (χ0n) is 10.2. The van der Waals surface area contributed by atoms with Crippen LogP contribution in [-0.2, 0) is 6.42 Å². The first-order valence-corrected chi connectivity index (χ1v) is 7.05. The Bertz CT molecular complexity index is 372. The lowest BCUT2D eigenvalue weighted by molar-refractivity contribution is -0.0103. The van der Waals surface area contributed by atoms with Crippen LogP contribution in [0.25, 0.3) is 0 Å². The number of benzene rings is 1. The second kappa shape index (κ2) is 5.51. The lowest BCUT2D eigenvalue weighted by Crippen LogP contribution is -2.45. The van der Waals surface area contributed by atoms with Crippen LogP contribution < -0.4 is 5.32 Å². The summed E-state index contributed by atoms with van der Waals surface area (Å²) in [4.78, 5) is 0. The summed E-state index contributed by atoms with van der Waals surface area (Å²) in [5.41, 5.74) is 0.556. The number of piperidine rings is 1. The van der Waals surface area contributed by atoms with Gasteiger partial charge in [0.1, 0.15) is 0 Å². The Morgan fingerprint density at radius 3 is 2.88 bits per heavy atom. The Morgan fingerprint density at radius 2 is 2.24 bits per heavy atom. The van der Waals surface area contributed by atoms with Gasteiger partial charge in [0.05, 0.1) is 5.60 Å². The molecule has 94 valence electrons. The Balaban J connectivity index is 2.08. The molecule has 2 N–H and O–H groups in total. The smallest absolute Gasteiger partial charge is 0.0700 e. The van der Waals surface area contributed by atoms with E-state index in [0.717, 1.165) is 30.4 Å². The van der Waals surface area contributed by atoms with Gasteiger partial charge >= 0.3 is 0 Å². The largest absolute Gasteiger partial charge is 0.389 e. The van der Waals surface area contributed by atoms with Crippen molar-refractivity contribution in [3.63, 3.8) is 0 Å². The average Bonchev–Trinajstić information content (AvgIpc) is 2.33. The lowest BCUT2D eigenvalue weighted by atomic mass is 9.79. The standard InChI is InChI=1S/C14H20BrNO/c1-14(17,12-6-4-8-16-10-12)9-11-5-2-3-7-13(11)15/h2-3,5,7,12,16-17H,4,6,8-10H2,1H3. The molecule has 2 unspecified atom stereocenters. The third kappa shape index (κ3) is 3.30. The maximum atomic E-state index is 10.7. The molecular weight excluding hydrogens is 278 g/mol. The quantitative estimate of drug-likeness (QED) is 0.899. The molecule has 17 heavy (non-hydrogen) atoms. The number of aliphatic hydroxyl groups is 1. The van der Waals surface area contributed by atoms with E-state index >= 15 is 0 Å². The van der Waals surface area contributed by atoms with Gasteiger partial charge in [0, 0.05) is 23.4 Å². The van der Waals surface area contributed by atoms with Gasteiger partial charge in [-0.1, -0.05) is 34.1 Å². The lowest BCUT2D eigenvalue weighted by Gasteiger charge is -2.36. The molecule has 2 rings (SSSR count). The Kier molecular flexibility index (Phi) is 4.23. The fourth-order valence-corrected chi connectivity index (χ4v) is 2.98. The predicted molar refractivity (Wildman–Crippen MR) is 74.1 cm³/mol. The van der Waals surface area contributed by atoms with Crippen LogP contribution >= 0.6 is 15.9 Å². The Labute approximate surface area is 112 Å². The van der Waals surface area contributed by atoms with Crippen LogP contribution in [0.15, 0.2) is 28.7 Å². The molecule has 2 atom stereocenters. The third-order valence-corrected chi connectivity index (χ3v) is 4.46. The number of rotatable bonds is 3. The van der Waals surface area contributed by atoms with Crippen molar-refractivity contribution in [1.29, 1.82) is 0 Å². The van der Waals surface area contributed by atoms with Gasteiger partial charge in [-0.05, 0) is 37.9 Å². The van der Waals surface area contributed by atoms with E-state index in [9.17, 15) is 5.11 Å². The highest BCUT2D eigenvalue weighted by molar-refractivity contribution is 9.10. The summed E-state index contributed by atoms with van der Waals surface area (Å²) in [6.45, 7) is 3.98. The van der Waals surface area contributed by atoms with E-state index < -0.39 is 5.60 Å². The van der Waals surface area contributed by atoms with Crippen molar-refractivity contribution in [3.05, 3.63) is 34.3 Å². The summed E-state index contributed by atoms with van der Waals surface area (Å²) in [6, 6.07) is 8.14. The molecule has 1 aliphatic heterocycles. The first kappa shape index (κ1) is 13.1. The van der Waals surface area contributed by atoms with Crippen molar-refractivity contribution in [2.24, 2.45) is 5.92 Å². The van der Waals surface area contributed by atoms with Crippen LogP contribution in [0.5, 0.6) is 0 Å². The van der Waals surface area contributed by atoms with Gasteiger partial charge in [0.15, 0.2) is 0 Å². The topological polar surface area (TPSA) is 32.3 Å². The van der Waals surface area contributed by atoms with Gasteiger partial charge in [0.2, 0.25) is 0 Å². The summed E-state index contributed by atoms with van der Waals surface area (Å²) in [5.74, 6) is 0.350. The molecule has 1 saturated heterocycles. The Hall–Kier alpha value is -0.380. The number of hydrogen-bond acceptors (Lipinski definition) is 2. The fraction of sp³-hybridized carbons (Fsp3) is 0.571. The van der Waals surface area contributed by atoms with Crippen LogP contribution in [0, 0.1) is 5.92 Å². The molecule has 0 aromatic heterocycles. The molecule has 0 aliphatic carbocycles. The van der Waals surface area contributed by atoms with Crippen LogP contribution in [0.4, 0.5) is 0 Å². The molecule has 1 aliphatic rings. The van der Waals surface area contributed by atoms with Crippen LogP contribution in [0.1, 0.15) is 25.3 Å². The molecule has 0 radical (unpaired) electrons. The van der Waals surface area contributed by atoms with E-state index in [2.05, 4.69) is 27.3 Å². The van der Waals surface area contributed by atoms with Gasteiger partial charge in [-0.2, -0.15) is 0 Å². The SMILES string of the molecule is CC(O)(Cc1ccccc1Br)C1CCCNC1. The van der Waals surface area contributed by atoms with Gasteiger partial charge < -0.3 is 10.4 Å². The first-order valence-electron chi connectivity index (χ1n) is 6.26. The van der Waals surface area contributed by atoms with E-state index in [4.69, 9.17) is 0 Å². The fourth-order valence-electron chi connectivity index (χ4n) is 2.55. The minimum absolute atomic E-state index is 0.350. The zero-order chi connectivity index (χ0) is 12.3. The molecule has 0 saturated carbocycles. The minimum atomic E-state index is -0.628. The van der Waals surface area contributed by atoms with E-state index in [-0.39, 0.29) is 0 Å². The summed E-state index contributed by atoms with van der Waals surface area (Å²) in [6.07, 6.45) is 2.99. The second-order valence-corrected chi connectivity index (χ2v) is 6.02. The van der Waals surface area contributed by atoms with Crippen molar-refractivity contribution < 1.29 is 5.11 Å². The number of nitrogens with one attached hydrogen (secondary N) is 1. The third-order valence-electron chi connectivity index (χ3n) is 3.68. The summed E-state index contributed by atoms with van der Waals surface area (Å²) >= 11 is 3.55. The monoisotopic (exact) mass is 297 g/mol. The number of hydrogen-bond donors (Lipinski definition) is 2. The van der Waals surface area contributed by atoms with Crippen molar-refractivity contribution >= 4 is 15.9 Å². The van der Waals surface area contributed by atoms with Crippen LogP contribution in [0.2, 0.25) is 0 Å². The predicted octanol–water partition coefficient (Wildman–Crippen LogP) is 2.74. The molecule has 1 aromatic rings. The molecular formula is C14H20BrNO. The van der Waals surface area contributed by atoms with Crippen molar-refractivity contribution in [3.8, 4) is 0 Å². The van der Waals surface area contributed by atoms with E-state index in [1.54, 1.807) is 0 Å². The molecule has 1 heterocycles. The first-order chi connectivity index (χ1) is 8.09. The normalized spacial score (nSPS) is 24.3. The molecule has 0 spiro atoms. The molecule has 2 nitrogen and oxygen atoms in total. The summed E-state index contributed by atoms with van der Waals surface area (Å²) in [5, 5.41) is 14.0. The highest BCUT2D eigenvalue weighted by Gasteiger charge is 2.33. The van der Waals surface area contributed by atoms with Crippen molar-refractivity contribution in [1.82, 2.24) is 5.32 Å². The highest BCUT2D eigenvalue weighted by atomic mass is 79.9. The molecule has 3 heteroatoms. The number of halogens is 1. The average molecular weight is 298 g/mol. The molecule has 0 bridgehead atoms.